The van der Waals surface area contributed by atoms with Crippen molar-refractivity contribution in [1.29, 1.82) is 0 Å². The van der Waals surface area contributed by atoms with Crippen LogP contribution in [0.4, 0.5) is 0 Å². The molecule has 0 spiro atoms. The minimum Gasteiger partial charge on any atom is -0.329 e. The molecule has 0 amide bonds. The second-order valence-electron chi connectivity index (χ2n) is 7.01. The Bertz CT molecular complexity index is 673. The van der Waals surface area contributed by atoms with Crippen LogP contribution < -0.4 is 5.73 Å². The first-order chi connectivity index (χ1) is 12.2. The van der Waals surface area contributed by atoms with Crippen LogP contribution in [0.15, 0.2) is 48.5 Å². The topological polar surface area (TPSA) is 29.3 Å². The highest BCUT2D eigenvalue weighted by atomic mass is 35.5. The van der Waals surface area contributed by atoms with Crippen molar-refractivity contribution in [2.75, 3.05) is 19.6 Å². The maximum absolute atomic E-state index is 6.15. The number of nitrogens with two attached hydrogens (primary N) is 1. The Morgan fingerprint density at radius 2 is 1.59 bits per heavy atom. The lowest BCUT2D eigenvalue weighted by atomic mass is 9.89. The zero-order valence-electron chi connectivity index (χ0n) is 15.3. The highest BCUT2D eigenvalue weighted by Gasteiger charge is 2.24. The average molecular weight is 450 g/mol. The lowest BCUT2D eigenvalue weighted by molar-refractivity contribution is 0.134. The van der Waals surface area contributed by atoms with Crippen molar-refractivity contribution in [3.8, 4) is 0 Å². The molecular weight excluding hydrogens is 422 g/mol. The van der Waals surface area contributed by atoms with E-state index in [4.69, 9.17) is 28.9 Å². The zero-order valence-corrected chi connectivity index (χ0v) is 18.5. The lowest BCUT2D eigenvalue weighted by Crippen LogP contribution is -2.46. The first kappa shape index (κ1) is 24.6. The fraction of sp³-hybridized carbons (Fsp3) is 0.429. The summed E-state index contributed by atoms with van der Waals surface area (Å²) in [6, 6.07) is 17.1. The lowest BCUT2D eigenvalue weighted by Gasteiger charge is -2.37. The summed E-state index contributed by atoms with van der Waals surface area (Å²) in [5.41, 5.74) is 8.73. The van der Waals surface area contributed by atoms with Gasteiger partial charge in [0.15, 0.2) is 0 Å². The molecule has 0 radical (unpaired) electrons. The Labute approximate surface area is 185 Å². The van der Waals surface area contributed by atoms with Gasteiger partial charge in [0, 0.05) is 12.6 Å². The van der Waals surface area contributed by atoms with E-state index in [1.54, 1.807) is 0 Å². The molecule has 0 aliphatic carbocycles. The summed E-state index contributed by atoms with van der Waals surface area (Å²) >= 11 is 12.2. The van der Waals surface area contributed by atoms with Crippen LogP contribution in [0.2, 0.25) is 10.0 Å². The number of halogens is 4. The van der Waals surface area contributed by atoms with Crippen LogP contribution in [0.3, 0.4) is 0 Å². The van der Waals surface area contributed by atoms with E-state index in [9.17, 15) is 0 Å². The molecule has 3 rings (SSSR count). The van der Waals surface area contributed by atoms with Crippen molar-refractivity contribution in [3.05, 3.63) is 69.7 Å². The number of hydrogen-bond donors (Lipinski definition) is 1. The molecule has 1 atom stereocenters. The smallest absolute Gasteiger partial charge is 0.0595 e. The summed E-state index contributed by atoms with van der Waals surface area (Å²) in [5.74, 6) is 0.780. The van der Waals surface area contributed by atoms with Crippen molar-refractivity contribution in [2.45, 2.75) is 31.7 Å². The largest absolute Gasteiger partial charge is 0.329 e. The molecule has 150 valence electrons. The summed E-state index contributed by atoms with van der Waals surface area (Å²) in [7, 11) is 0. The van der Waals surface area contributed by atoms with Gasteiger partial charge in [-0.3, -0.25) is 4.90 Å². The quantitative estimate of drug-likeness (QED) is 0.616. The van der Waals surface area contributed by atoms with Crippen LogP contribution in [-0.4, -0.2) is 30.6 Å². The Kier molecular flexibility index (Phi) is 11.1. The third-order valence-corrected chi connectivity index (χ3v) is 6.00. The Balaban J connectivity index is 0.00000182. The van der Waals surface area contributed by atoms with Gasteiger partial charge in [-0.25, -0.2) is 0 Å². The predicted molar refractivity (Wildman–Crippen MR) is 122 cm³/mol. The average Bonchev–Trinajstić information content (AvgIpc) is 2.64. The molecule has 1 unspecified atom stereocenters. The molecule has 2 nitrogen and oxygen atoms in total. The number of piperidine rings is 1. The molecule has 1 fully saturated rings. The third kappa shape index (κ3) is 7.12. The molecule has 1 saturated heterocycles. The molecule has 2 aromatic carbocycles. The van der Waals surface area contributed by atoms with E-state index in [0.717, 1.165) is 25.4 Å². The number of hydrogen-bond acceptors (Lipinski definition) is 2. The SMILES string of the molecule is Cl.Cl.NCC(Cc1ccc(Cl)c(Cl)c1)N1CCC(Cc2ccccc2)CC1. The highest BCUT2D eigenvalue weighted by molar-refractivity contribution is 6.42. The maximum Gasteiger partial charge on any atom is 0.0595 e. The van der Waals surface area contributed by atoms with Crippen LogP contribution in [0.25, 0.3) is 0 Å². The third-order valence-electron chi connectivity index (χ3n) is 5.26. The minimum absolute atomic E-state index is 0. The van der Waals surface area contributed by atoms with Crippen LogP contribution in [0.1, 0.15) is 24.0 Å². The van der Waals surface area contributed by atoms with E-state index >= 15 is 0 Å². The zero-order chi connectivity index (χ0) is 17.6. The Morgan fingerprint density at radius 3 is 2.19 bits per heavy atom. The van der Waals surface area contributed by atoms with Gasteiger partial charge in [-0.1, -0.05) is 59.6 Å². The second-order valence-corrected chi connectivity index (χ2v) is 7.83. The van der Waals surface area contributed by atoms with Crippen LogP contribution in [-0.2, 0) is 12.8 Å². The predicted octanol–water partition coefficient (Wildman–Crippen LogP) is 5.66. The second kappa shape index (κ2) is 12.2. The summed E-state index contributed by atoms with van der Waals surface area (Å²) < 4.78 is 0. The Morgan fingerprint density at radius 1 is 0.926 bits per heavy atom. The molecular formula is C21H28Cl4N2. The van der Waals surface area contributed by atoms with Gasteiger partial charge in [0.05, 0.1) is 10.0 Å². The van der Waals surface area contributed by atoms with Gasteiger partial charge < -0.3 is 5.73 Å². The number of likely N-dealkylation sites (tertiary alicyclic amines) is 1. The van der Waals surface area contributed by atoms with Crippen molar-refractivity contribution in [3.63, 3.8) is 0 Å². The summed E-state index contributed by atoms with van der Waals surface area (Å²) in [5, 5.41) is 1.23. The Hall–Kier alpha value is -0.480. The molecule has 2 N–H and O–H groups in total. The van der Waals surface area contributed by atoms with Crippen LogP contribution in [0, 0.1) is 5.92 Å². The van der Waals surface area contributed by atoms with Gasteiger partial charge in [-0.15, -0.1) is 24.8 Å². The van der Waals surface area contributed by atoms with Crippen LogP contribution >= 0.6 is 48.0 Å². The van der Waals surface area contributed by atoms with E-state index in [1.807, 2.05) is 12.1 Å². The summed E-state index contributed by atoms with van der Waals surface area (Å²) in [6.07, 6.45) is 4.60. The van der Waals surface area contributed by atoms with Crippen molar-refractivity contribution < 1.29 is 0 Å². The molecule has 2 aromatic rings. The molecule has 27 heavy (non-hydrogen) atoms. The molecule has 1 aliphatic heterocycles. The van der Waals surface area contributed by atoms with Crippen molar-refractivity contribution in [2.24, 2.45) is 11.7 Å². The number of rotatable bonds is 6. The van der Waals surface area contributed by atoms with Crippen LogP contribution in [0.5, 0.6) is 0 Å². The van der Waals surface area contributed by atoms with Gasteiger partial charge in [-0.2, -0.15) is 0 Å². The normalized spacial score (nSPS) is 16.3. The van der Waals surface area contributed by atoms with Crippen molar-refractivity contribution >= 4 is 48.0 Å². The first-order valence-electron chi connectivity index (χ1n) is 9.07. The van der Waals surface area contributed by atoms with Gasteiger partial charge >= 0.3 is 0 Å². The molecule has 1 aliphatic rings. The highest BCUT2D eigenvalue weighted by Crippen LogP contribution is 2.26. The molecule has 0 bridgehead atoms. The van der Waals surface area contributed by atoms with E-state index < -0.39 is 0 Å². The minimum atomic E-state index is 0. The van der Waals surface area contributed by atoms with Gasteiger partial charge in [0.2, 0.25) is 0 Å². The number of benzene rings is 2. The van der Waals surface area contributed by atoms with E-state index in [2.05, 4.69) is 41.3 Å². The first-order valence-corrected chi connectivity index (χ1v) is 9.83. The standard InChI is InChI=1S/C21H26Cl2N2.2ClH/c22-20-7-6-18(14-21(20)23)13-19(15-24)25-10-8-17(9-11-25)12-16-4-2-1-3-5-16;;/h1-7,14,17,19H,8-13,15,24H2;2*1H. The van der Waals surface area contributed by atoms with Gasteiger partial charge in [0.25, 0.3) is 0 Å². The molecule has 6 heteroatoms. The van der Waals surface area contributed by atoms with Gasteiger partial charge in [0.1, 0.15) is 0 Å². The maximum atomic E-state index is 6.15. The molecule has 1 heterocycles. The fourth-order valence-electron chi connectivity index (χ4n) is 3.77. The summed E-state index contributed by atoms with van der Waals surface area (Å²) in [6.45, 7) is 2.92. The van der Waals surface area contributed by atoms with E-state index in [1.165, 1.54) is 30.4 Å². The van der Waals surface area contributed by atoms with E-state index in [-0.39, 0.29) is 24.8 Å². The van der Waals surface area contributed by atoms with Crippen molar-refractivity contribution in [1.82, 2.24) is 4.90 Å². The number of nitrogens with zero attached hydrogens (tertiary/aromatic N) is 1. The van der Waals surface area contributed by atoms with E-state index in [0.29, 0.717) is 22.6 Å². The summed E-state index contributed by atoms with van der Waals surface area (Å²) in [4.78, 5) is 2.55. The fourth-order valence-corrected chi connectivity index (χ4v) is 4.09. The van der Waals surface area contributed by atoms with Gasteiger partial charge in [-0.05, 0) is 68.0 Å². The molecule has 0 saturated carbocycles. The monoisotopic (exact) mass is 448 g/mol. The molecule has 0 aromatic heterocycles.